The minimum atomic E-state index is -0.850. The van der Waals surface area contributed by atoms with Crippen LogP contribution in [-0.4, -0.2) is 16.0 Å². The summed E-state index contributed by atoms with van der Waals surface area (Å²) in [7, 11) is 0. The predicted octanol–water partition coefficient (Wildman–Crippen LogP) is 0.972. The summed E-state index contributed by atoms with van der Waals surface area (Å²) in [4.78, 5) is 14.7. The number of carbonyl (C=O) groups excluding carboxylic acids is 1. The molecule has 74 valence electrons. The molecule has 0 unspecified atom stereocenters. The summed E-state index contributed by atoms with van der Waals surface area (Å²) in [5.41, 5.74) is 4.87. The van der Waals surface area contributed by atoms with Crippen molar-refractivity contribution in [2.24, 2.45) is 5.73 Å². The second kappa shape index (κ2) is 3.22. The highest BCUT2D eigenvalue weighted by Crippen LogP contribution is 2.32. The van der Waals surface area contributed by atoms with E-state index in [4.69, 9.17) is 11.0 Å². The molecule has 0 bridgehead atoms. The molecule has 0 fully saturated rings. The van der Waals surface area contributed by atoms with Crippen LogP contribution in [0.1, 0.15) is 16.2 Å². The number of nitriles is 1. The molecule has 0 aliphatic rings. The number of nitrogens with zero attached hydrogens (tertiary/aromatic N) is 2. The molecular weight excluding hydrogens is 214 g/mol. The van der Waals surface area contributed by atoms with Gasteiger partial charge in [0, 0.05) is 5.39 Å². The average molecular weight is 219 g/mol. The van der Waals surface area contributed by atoms with Crippen molar-refractivity contribution in [3.63, 3.8) is 0 Å². The highest BCUT2D eigenvalue weighted by Gasteiger charge is 2.17. The van der Waals surface area contributed by atoms with Gasteiger partial charge in [0.1, 0.15) is 6.07 Å². The van der Waals surface area contributed by atoms with E-state index in [1.807, 2.05) is 6.07 Å². The van der Waals surface area contributed by atoms with Gasteiger partial charge in [0.05, 0.1) is 4.70 Å². The zero-order valence-electron chi connectivity index (χ0n) is 7.39. The van der Waals surface area contributed by atoms with E-state index in [0.717, 1.165) is 0 Å². The Morgan fingerprint density at radius 2 is 2.40 bits per heavy atom. The van der Waals surface area contributed by atoms with Crippen LogP contribution in [0, 0.1) is 11.3 Å². The van der Waals surface area contributed by atoms with Crippen LogP contribution in [0.2, 0.25) is 0 Å². The number of hydrogen-bond donors (Lipinski definition) is 2. The van der Waals surface area contributed by atoms with E-state index < -0.39 is 5.91 Å². The lowest BCUT2D eigenvalue weighted by molar-refractivity contribution is 0.0993. The molecule has 2 heterocycles. The van der Waals surface area contributed by atoms with Crippen LogP contribution >= 0.6 is 11.3 Å². The molecule has 0 atom stereocenters. The van der Waals surface area contributed by atoms with Gasteiger partial charge in [-0.2, -0.15) is 5.26 Å². The number of pyridine rings is 1. The van der Waals surface area contributed by atoms with Gasteiger partial charge < -0.3 is 10.8 Å². The number of aromatic hydroxyl groups is 1. The van der Waals surface area contributed by atoms with Gasteiger partial charge in [-0.1, -0.05) is 0 Å². The van der Waals surface area contributed by atoms with E-state index in [2.05, 4.69) is 4.98 Å². The monoisotopic (exact) mass is 219 g/mol. The molecule has 0 radical (unpaired) electrons. The van der Waals surface area contributed by atoms with Crippen molar-refractivity contribution in [2.45, 2.75) is 0 Å². The SMILES string of the molecule is N#Cc1nc(C(N)=O)c(O)c2ccsc12. The first-order valence-corrected chi connectivity index (χ1v) is 4.83. The van der Waals surface area contributed by atoms with Crippen LogP contribution in [0.15, 0.2) is 11.4 Å². The molecule has 15 heavy (non-hydrogen) atoms. The van der Waals surface area contributed by atoms with Gasteiger partial charge in [0.15, 0.2) is 17.1 Å². The summed E-state index contributed by atoms with van der Waals surface area (Å²) >= 11 is 1.28. The molecule has 2 aromatic rings. The summed E-state index contributed by atoms with van der Waals surface area (Å²) in [6, 6.07) is 3.47. The number of nitrogens with two attached hydrogens (primary N) is 1. The molecule has 6 heteroatoms. The molecule has 0 spiro atoms. The van der Waals surface area contributed by atoms with Crippen LogP contribution in [0.3, 0.4) is 0 Å². The third-order valence-electron chi connectivity index (χ3n) is 1.92. The minimum Gasteiger partial charge on any atom is -0.505 e. The minimum absolute atomic E-state index is 0.103. The average Bonchev–Trinajstić information content (AvgIpc) is 2.67. The number of carbonyl (C=O) groups is 1. The topological polar surface area (TPSA) is 100 Å². The van der Waals surface area contributed by atoms with E-state index in [0.29, 0.717) is 10.1 Å². The number of amides is 1. The molecule has 0 aliphatic carbocycles. The molecule has 5 nitrogen and oxygen atoms in total. The van der Waals surface area contributed by atoms with Gasteiger partial charge in [0.25, 0.3) is 5.91 Å². The lowest BCUT2D eigenvalue weighted by Gasteiger charge is -2.01. The first-order chi connectivity index (χ1) is 7.15. The molecule has 0 aromatic carbocycles. The van der Waals surface area contributed by atoms with Crippen LogP contribution in [0.4, 0.5) is 0 Å². The van der Waals surface area contributed by atoms with Gasteiger partial charge in [-0.3, -0.25) is 4.79 Å². The zero-order chi connectivity index (χ0) is 11.0. The maximum Gasteiger partial charge on any atom is 0.271 e. The van der Waals surface area contributed by atoms with Gasteiger partial charge in [0.2, 0.25) is 0 Å². The van der Waals surface area contributed by atoms with Crippen molar-refractivity contribution < 1.29 is 9.90 Å². The van der Waals surface area contributed by atoms with E-state index >= 15 is 0 Å². The Balaban J connectivity index is 2.92. The Labute approximate surface area is 88.4 Å². The summed E-state index contributed by atoms with van der Waals surface area (Å²) in [6.45, 7) is 0. The van der Waals surface area contributed by atoms with Crippen molar-refractivity contribution in [1.82, 2.24) is 4.98 Å². The quantitative estimate of drug-likeness (QED) is 0.746. The van der Waals surface area contributed by atoms with Gasteiger partial charge in [-0.15, -0.1) is 11.3 Å². The molecule has 0 saturated heterocycles. The van der Waals surface area contributed by atoms with Gasteiger partial charge in [-0.05, 0) is 11.4 Å². The number of fused-ring (bicyclic) bond motifs is 1. The molecule has 0 aliphatic heterocycles. The Kier molecular flexibility index (Phi) is 2.02. The van der Waals surface area contributed by atoms with E-state index in [1.54, 1.807) is 11.4 Å². The molecule has 3 N–H and O–H groups in total. The number of rotatable bonds is 1. The largest absolute Gasteiger partial charge is 0.505 e. The Morgan fingerprint density at radius 3 is 3.00 bits per heavy atom. The molecular formula is C9H5N3O2S. The fraction of sp³-hybridized carbons (Fsp3) is 0. The normalized spacial score (nSPS) is 10.1. The maximum atomic E-state index is 10.9. The summed E-state index contributed by atoms with van der Waals surface area (Å²) in [5.74, 6) is -1.12. The van der Waals surface area contributed by atoms with Crippen LogP contribution < -0.4 is 5.73 Å². The number of aromatic nitrogens is 1. The highest BCUT2D eigenvalue weighted by atomic mass is 32.1. The lowest BCUT2D eigenvalue weighted by Crippen LogP contribution is -2.14. The van der Waals surface area contributed by atoms with E-state index in [-0.39, 0.29) is 17.1 Å². The van der Waals surface area contributed by atoms with Crippen LogP contribution in [0.25, 0.3) is 10.1 Å². The zero-order valence-corrected chi connectivity index (χ0v) is 8.21. The van der Waals surface area contributed by atoms with Crippen LogP contribution in [-0.2, 0) is 0 Å². The van der Waals surface area contributed by atoms with Crippen molar-refractivity contribution in [3.8, 4) is 11.8 Å². The second-order valence-corrected chi connectivity index (χ2v) is 3.71. The third kappa shape index (κ3) is 1.30. The first kappa shape index (κ1) is 9.43. The van der Waals surface area contributed by atoms with Crippen molar-refractivity contribution in [3.05, 3.63) is 22.8 Å². The van der Waals surface area contributed by atoms with Crippen LogP contribution in [0.5, 0.6) is 5.75 Å². The number of thiophene rings is 1. The van der Waals surface area contributed by atoms with Gasteiger partial charge >= 0.3 is 0 Å². The smallest absolute Gasteiger partial charge is 0.271 e. The molecule has 1 amide bonds. The Morgan fingerprint density at radius 1 is 1.67 bits per heavy atom. The predicted molar refractivity (Wildman–Crippen MR) is 54.5 cm³/mol. The molecule has 2 aromatic heterocycles. The Bertz CT molecular complexity index is 597. The number of hydrogen-bond acceptors (Lipinski definition) is 5. The number of primary amides is 1. The maximum absolute atomic E-state index is 10.9. The fourth-order valence-corrected chi connectivity index (χ4v) is 2.10. The van der Waals surface area contributed by atoms with Crippen molar-refractivity contribution >= 4 is 27.3 Å². The fourth-order valence-electron chi connectivity index (χ4n) is 1.27. The standard InChI is InChI=1S/C9H5N3O2S/c10-3-5-8-4(1-2-15-8)7(13)6(12-5)9(11)14/h1-2,13H,(H2,11,14). The first-order valence-electron chi connectivity index (χ1n) is 3.95. The summed E-state index contributed by atoms with van der Waals surface area (Å²) < 4.78 is 0.556. The van der Waals surface area contributed by atoms with E-state index in [9.17, 15) is 9.90 Å². The summed E-state index contributed by atoms with van der Waals surface area (Å²) in [5, 5.41) is 20.6. The van der Waals surface area contributed by atoms with Gasteiger partial charge in [-0.25, -0.2) is 4.98 Å². The molecule has 0 saturated carbocycles. The highest BCUT2D eigenvalue weighted by molar-refractivity contribution is 7.17. The van der Waals surface area contributed by atoms with Crippen molar-refractivity contribution in [2.75, 3.05) is 0 Å². The molecule has 2 rings (SSSR count). The second-order valence-electron chi connectivity index (χ2n) is 2.80. The lowest BCUT2D eigenvalue weighted by atomic mass is 10.2. The summed E-state index contributed by atoms with van der Waals surface area (Å²) in [6.07, 6.45) is 0. The third-order valence-corrected chi connectivity index (χ3v) is 2.84. The van der Waals surface area contributed by atoms with Crippen molar-refractivity contribution in [1.29, 1.82) is 5.26 Å². The Hall–Kier alpha value is -2.13. The van der Waals surface area contributed by atoms with E-state index in [1.165, 1.54) is 11.3 Å².